The third-order valence-electron chi connectivity index (χ3n) is 5.37. The van der Waals surface area contributed by atoms with E-state index in [0.717, 1.165) is 25.0 Å². The van der Waals surface area contributed by atoms with Crippen LogP contribution < -0.4 is 0 Å². The Morgan fingerprint density at radius 2 is 1.88 bits per heavy atom. The zero-order chi connectivity index (χ0) is 18.9. The van der Waals surface area contributed by atoms with Crippen LogP contribution in [0.2, 0.25) is 0 Å². The van der Waals surface area contributed by atoms with Crippen LogP contribution in [0.5, 0.6) is 0 Å². The Hall–Kier alpha value is -2.05. The number of alkyl halides is 3. The van der Waals surface area contributed by atoms with E-state index in [1.54, 1.807) is 4.90 Å². The van der Waals surface area contributed by atoms with Crippen LogP contribution >= 0.6 is 0 Å². The predicted molar refractivity (Wildman–Crippen MR) is 90.6 cm³/mol. The van der Waals surface area contributed by atoms with E-state index >= 15 is 0 Å². The standard InChI is InChI=1S/C19H23F3N2O2/c1-2-10-23-11-4-8-18(17(23)26)9-5-12-24(18)16(25)14-6-3-7-15(13-14)19(20,21)22/h3,6-7,13H,2,4-5,8-12H2,1H3. The Balaban J connectivity index is 1.91. The molecule has 2 aliphatic heterocycles. The fraction of sp³-hybridized carbons (Fsp3) is 0.579. The Labute approximate surface area is 151 Å². The number of benzene rings is 1. The van der Waals surface area contributed by atoms with E-state index in [0.29, 0.717) is 38.9 Å². The summed E-state index contributed by atoms with van der Waals surface area (Å²) in [5.74, 6) is -0.538. The molecule has 3 rings (SSSR count). The minimum absolute atomic E-state index is 0.0125. The molecular formula is C19H23F3N2O2. The number of hydrogen-bond acceptors (Lipinski definition) is 2. The van der Waals surface area contributed by atoms with Gasteiger partial charge in [0, 0.05) is 25.2 Å². The minimum Gasteiger partial charge on any atom is -0.341 e. The van der Waals surface area contributed by atoms with E-state index in [1.165, 1.54) is 17.0 Å². The van der Waals surface area contributed by atoms with Crippen LogP contribution in [0.25, 0.3) is 0 Å². The molecule has 2 amide bonds. The van der Waals surface area contributed by atoms with Crippen molar-refractivity contribution in [2.45, 2.75) is 50.7 Å². The lowest BCUT2D eigenvalue weighted by Crippen LogP contribution is -2.61. The first-order valence-corrected chi connectivity index (χ1v) is 9.08. The van der Waals surface area contributed by atoms with Crippen LogP contribution in [0.15, 0.2) is 24.3 Å². The van der Waals surface area contributed by atoms with Crippen molar-refractivity contribution in [3.8, 4) is 0 Å². The molecule has 0 bridgehead atoms. The van der Waals surface area contributed by atoms with Gasteiger partial charge in [0.1, 0.15) is 5.54 Å². The van der Waals surface area contributed by atoms with E-state index < -0.39 is 23.2 Å². The SMILES string of the molecule is CCCN1CCCC2(CCCN2C(=O)c2cccc(C(F)(F)F)c2)C1=O. The second kappa shape index (κ2) is 6.93. The lowest BCUT2D eigenvalue weighted by atomic mass is 9.85. The van der Waals surface area contributed by atoms with Gasteiger partial charge in [0.2, 0.25) is 5.91 Å². The van der Waals surface area contributed by atoms with Crippen molar-refractivity contribution < 1.29 is 22.8 Å². The lowest BCUT2D eigenvalue weighted by Gasteiger charge is -2.44. The molecule has 2 fully saturated rings. The molecule has 0 aliphatic carbocycles. The van der Waals surface area contributed by atoms with Gasteiger partial charge in [-0.25, -0.2) is 0 Å². The summed E-state index contributed by atoms with van der Waals surface area (Å²) >= 11 is 0. The highest BCUT2D eigenvalue weighted by atomic mass is 19.4. The number of amides is 2. The summed E-state index contributed by atoms with van der Waals surface area (Å²) in [6.45, 7) is 3.72. The summed E-state index contributed by atoms with van der Waals surface area (Å²) in [5.41, 5.74) is -1.75. The predicted octanol–water partition coefficient (Wildman–Crippen LogP) is 3.71. The van der Waals surface area contributed by atoms with Crippen molar-refractivity contribution in [3.63, 3.8) is 0 Å². The van der Waals surface area contributed by atoms with Crippen LogP contribution in [0.3, 0.4) is 0 Å². The van der Waals surface area contributed by atoms with Gasteiger partial charge >= 0.3 is 6.18 Å². The van der Waals surface area contributed by atoms with E-state index in [9.17, 15) is 22.8 Å². The molecule has 26 heavy (non-hydrogen) atoms. The summed E-state index contributed by atoms with van der Waals surface area (Å²) in [5, 5.41) is 0. The third kappa shape index (κ3) is 3.19. The van der Waals surface area contributed by atoms with Gasteiger partial charge in [-0.2, -0.15) is 13.2 Å². The molecule has 1 atom stereocenters. The van der Waals surface area contributed by atoms with Crippen molar-refractivity contribution in [2.24, 2.45) is 0 Å². The van der Waals surface area contributed by atoms with Gasteiger partial charge in [-0.3, -0.25) is 9.59 Å². The average molecular weight is 368 g/mol. The van der Waals surface area contributed by atoms with Crippen LogP contribution in [-0.2, 0) is 11.0 Å². The molecule has 142 valence electrons. The van der Waals surface area contributed by atoms with E-state index in [2.05, 4.69) is 0 Å². The van der Waals surface area contributed by atoms with Crippen molar-refractivity contribution in [3.05, 3.63) is 35.4 Å². The van der Waals surface area contributed by atoms with Crippen LogP contribution in [0.4, 0.5) is 13.2 Å². The molecule has 7 heteroatoms. The summed E-state index contributed by atoms with van der Waals surface area (Å²) in [6, 6.07) is 4.46. The molecule has 0 aromatic heterocycles. The van der Waals surface area contributed by atoms with E-state index in [-0.39, 0.29) is 11.5 Å². The second-order valence-electron chi connectivity index (χ2n) is 7.07. The Bertz CT molecular complexity index is 702. The first kappa shape index (κ1) is 18.7. The number of halogens is 3. The first-order valence-electron chi connectivity index (χ1n) is 9.08. The van der Waals surface area contributed by atoms with Crippen LogP contribution in [0.1, 0.15) is 54.9 Å². The quantitative estimate of drug-likeness (QED) is 0.816. The first-order chi connectivity index (χ1) is 12.3. The lowest BCUT2D eigenvalue weighted by molar-refractivity contribution is -0.145. The van der Waals surface area contributed by atoms with Crippen molar-refractivity contribution >= 4 is 11.8 Å². The van der Waals surface area contributed by atoms with Gasteiger partial charge < -0.3 is 9.80 Å². The Morgan fingerprint density at radius 1 is 1.19 bits per heavy atom. The monoisotopic (exact) mass is 368 g/mol. The van der Waals surface area contributed by atoms with E-state index in [1.807, 2.05) is 6.92 Å². The summed E-state index contributed by atoms with van der Waals surface area (Å²) < 4.78 is 38.9. The fourth-order valence-electron chi connectivity index (χ4n) is 4.19. The molecule has 0 saturated carbocycles. The highest BCUT2D eigenvalue weighted by Gasteiger charge is 2.52. The largest absolute Gasteiger partial charge is 0.416 e. The summed E-state index contributed by atoms with van der Waals surface area (Å²) in [4.78, 5) is 29.4. The van der Waals surface area contributed by atoms with Crippen molar-refractivity contribution in [1.82, 2.24) is 9.80 Å². The normalized spacial score (nSPS) is 23.8. The highest BCUT2D eigenvalue weighted by Crippen LogP contribution is 2.39. The number of carbonyl (C=O) groups excluding carboxylic acids is 2. The number of likely N-dealkylation sites (tertiary alicyclic amines) is 2. The maximum absolute atomic E-state index is 13.1. The Morgan fingerprint density at radius 3 is 2.54 bits per heavy atom. The molecule has 2 saturated heterocycles. The highest BCUT2D eigenvalue weighted by molar-refractivity contribution is 6.00. The molecule has 1 unspecified atom stereocenters. The number of nitrogens with zero attached hydrogens (tertiary/aromatic N) is 2. The summed E-state index contributed by atoms with van der Waals surface area (Å²) in [7, 11) is 0. The van der Waals surface area contributed by atoms with Crippen LogP contribution in [-0.4, -0.2) is 46.8 Å². The van der Waals surface area contributed by atoms with Gasteiger partial charge in [-0.1, -0.05) is 13.0 Å². The second-order valence-corrected chi connectivity index (χ2v) is 7.07. The molecule has 1 aromatic carbocycles. The number of carbonyl (C=O) groups is 2. The van der Waals surface area contributed by atoms with Gasteiger partial charge in [-0.15, -0.1) is 0 Å². The van der Waals surface area contributed by atoms with Crippen molar-refractivity contribution in [2.75, 3.05) is 19.6 Å². The van der Waals surface area contributed by atoms with Crippen molar-refractivity contribution in [1.29, 1.82) is 0 Å². The number of hydrogen-bond donors (Lipinski definition) is 0. The van der Waals surface area contributed by atoms with Gasteiger partial charge in [-0.05, 0) is 50.3 Å². The molecule has 2 heterocycles. The molecule has 4 nitrogen and oxygen atoms in total. The Kier molecular flexibility index (Phi) is 4.99. The maximum Gasteiger partial charge on any atom is 0.416 e. The zero-order valence-electron chi connectivity index (χ0n) is 14.8. The number of piperidine rings is 1. The van der Waals surface area contributed by atoms with Gasteiger partial charge in [0.05, 0.1) is 5.56 Å². The smallest absolute Gasteiger partial charge is 0.341 e. The van der Waals surface area contributed by atoms with Gasteiger partial charge in [0.15, 0.2) is 0 Å². The topological polar surface area (TPSA) is 40.6 Å². The maximum atomic E-state index is 13.1. The van der Waals surface area contributed by atoms with Crippen LogP contribution in [0, 0.1) is 0 Å². The zero-order valence-corrected chi connectivity index (χ0v) is 14.8. The number of rotatable bonds is 3. The molecule has 1 aromatic rings. The average Bonchev–Trinajstić information content (AvgIpc) is 3.02. The molecular weight excluding hydrogens is 345 g/mol. The molecule has 2 aliphatic rings. The fourth-order valence-corrected chi connectivity index (χ4v) is 4.19. The van der Waals surface area contributed by atoms with E-state index in [4.69, 9.17) is 0 Å². The molecule has 1 spiro atoms. The summed E-state index contributed by atoms with van der Waals surface area (Å²) in [6.07, 6.45) is -1.01. The molecule has 0 N–H and O–H groups in total. The third-order valence-corrected chi connectivity index (χ3v) is 5.37. The minimum atomic E-state index is -4.50. The molecule has 0 radical (unpaired) electrons. The van der Waals surface area contributed by atoms with Gasteiger partial charge in [0.25, 0.3) is 5.91 Å².